The normalized spacial score (nSPS) is 45.1. The van der Waals surface area contributed by atoms with E-state index in [0.717, 1.165) is 5.56 Å². The minimum atomic E-state index is -1.83. The molecule has 8 heteroatoms. The number of aliphatic hydroxyl groups excluding tert-OH is 1. The second kappa shape index (κ2) is 9.43. The molecule has 2 heterocycles. The lowest BCUT2D eigenvalue weighted by Gasteiger charge is -2.52. The highest BCUT2D eigenvalue weighted by Crippen LogP contribution is 2.61. The van der Waals surface area contributed by atoms with Crippen LogP contribution in [0.3, 0.4) is 0 Å². The Morgan fingerprint density at radius 2 is 1.92 bits per heavy atom. The van der Waals surface area contributed by atoms with Crippen molar-refractivity contribution in [3.05, 3.63) is 60.2 Å². The van der Waals surface area contributed by atoms with Crippen molar-refractivity contribution >= 4 is 17.7 Å². The summed E-state index contributed by atoms with van der Waals surface area (Å²) in [7, 11) is 0. The zero-order chi connectivity index (χ0) is 27.6. The third-order valence-electron chi connectivity index (χ3n) is 9.31. The SMILES string of the molecule is C=C1[C@@H](C)[C@H]2[C@H](Cc3ccccc3)NC(=O)[C@]23[C@H](OC(C)=O)[C@H]2O[C@@H]2[C@@](C)(O)C(=O)[C@@H](C)C/C=C/[C@H]3[C@@H]1O. The van der Waals surface area contributed by atoms with Crippen molar-refractivity contribution in [1.82, 2.24) is 5.32 Å². The Morgan fingerprint density at radius 1 is 1.24 bits per heavy atom. The molecule has 2 aliphatic heterocycles. The van der Waals surface area contributed by atoms with Gasteiger partial charge in [0.1, 0.15) is 29.3 Å². The van der Waals surface area contributed by atoms with E-state index in [9.17, 15) is 24.6 Å². The fraction of sp³-hybridized carbons (Fsp3) is 0.567. The zero-order valence-corrected chi connectivity index (χ0v) is 22.3. The second-order valence-corrected chi connectivity index (χ2v) is 11.7. The van der Waals surface area contributed by atoms with Gasteiger partial charge in [0.25, 0.3) is 0 Å². The number of ether oxygens (including phenoxy) is 2. The van der Waals surface area contributed by atoms with Crippen LogP contribution in [0.1, 0.15) is 39.7 Å². The Bertz CT molecular complexity index is 1180. The summed E-state index contributed by atoms with van der Waals surface area (Å²) in [6.07, 6.45) is 0.350. The number of hydrogen-bond acceptors (Lipinski definition) is 7. The number of ketones is 1. The van der Waals surface area contributed by atoms with E-state index in [2.05, 4.69) is 11.9 Å². The second-order valence-electron chi connectivity index (χ2n) is 11.7. The first-order valence-corrected chi connectivity index (χ1v) is 13.4. The van der Waals surface area contributed by atoms with Gasteiger partial charge < -0.3 is 25.0 Å². The standard InChI is InChI=1S/C30H37NO7/c1-15-10-9-13-20-23(33)17(3)16(2)22-21(14-19-11-7-6-8-12-19)31-28(35)30(20,22)27(37-18(4)32)24-26(38-24)29(5,36)25(15)34/h6-9,11-13,15-16,20-24,26-27,33,36H,3,10,14H2,1-2,4-5H3,(H,31,35)/b13-9+/t15-,16+,20-,21-,22-,23+,24-,26-,27+,29-,30-/m0/s1. The van der Waals surface area contributed by atoms with Crippen molar-refractivity contribution in [2.24, 2.45) is 29.1 Å². The van der Waals surface area contributed by atoms with E-state index in [1.807, 2.05) is 37.3 Å². The van der Waals surface area contributed by atoms with Gasteiger partial charge in [-0.1, -0.05) is 62.9 Å². The highest BCUT2D eigenvalue weighted by Gasteiger charge is 2.74. The molecular weight excluding hydrogens is 486 g/mol. The maximum atomic E-state index is 14.3. The van der Waals surface area contributed by atoms with Crippen LogP contribution in [0.5, 0.6) is 0 Å². The van der Waals surface area contributed by atoms with Gasteiger partial charge in [-0.15, -0.1) is 0 Å². The van der Waals surface area contributed by atoms with Gasteiger partial charge >= 0.3 is 5.97 Å². The van der Waals surface area contributed by atoms with Crippen molar-refractivity contribution in [3.63, 3.8) is 0 Å². The average Bonchev–Trinajstić information content (AvgIpc) is 3.62. The molecular formula is C30H37NO7. The molecule has 4 aliphatic rings. The Hall–Kier alpha value is -2.81. The van der Waals surface area contributed by atoms with Crippen LogP contribution in [0.4, 0.5) is 0 Å². The molecule has 1 aromatic carbocycles. The molecule has 0 bridgehead atoms. The van der Waals surface area contributed by atoms with Crippen LogP contribution in [-0.2, 0) is 30.3 Å². The zero-order valence-electron chi connectivity index (χ0n) is 22.3. The fourth-order valence-electron chi connectivity index (χ4n) is 7.41. The summed E-state index contributed by atoms with van der Waals surface area (Å²) in [5.74, 6) is -3.34. The van der Waals surface area contributed by atoms with Crippen molar-refractivity contribution in [2.45, 2.75) is 76.6 Å². The smallest absolute Gasteiger partial charge is 0.303 e. The molecule has 11 atom stereocenters. The Kier molecular flexibility index (Phi) is 6.65. The van der Waals surface area contributed by atoms with Gasteiger partial charge in [-0.25, -0.2) is 0 Å². The number of allylic oxidation sites excluding steroid dienone is 1. The molecule has 0 radical (unpaired) electrons. The monoisotopic (exact) mass is 523 g/mol. The topological polar surface area (TPSA) is 125 Å². The van der Waals surface area contributed by atoms with E-state index in [1.165, 1.54) is 13.8 Å². The number of nitrogens with one attached hydrogen (secondary N) is 1. The van der Waals surface area contributed by atoms with Crippen molar-refractivity contribution in [2.75, 3.05) is 0 Å². The molecule has 38 heavy (non-hydrogen) atoms. The third-order valence-corrected chi connectivity index (χ3v) is 9.31. The molecule has 8 nitrogen and oxygen atoms in total. The quantitative estimate of drug-likeness (QED) is 0.315. The van der Waals surface area contributed by atoms with E-state index in [4.69, 9.17) is 9.47 Å². The lowest BCUT2D eigenvalue weighted by molar-refractivity contribution is -0.175. The van der Waals surface area contributed by atoms with E-state index >= 15 is 0 Å². The number of hydrogen-bond donors (Lipinski definition) is 3. The van der Waals surface area contributed by atoms with E-state index in [1.54, 1.807) is 19.1 Å². The van der Waals surface area contributed by atoms with Crippen LogP contribution >= 0.6 is 0 Å². The first-order valence-electron chi connectivity index (χ1n) is 13.4. The number of aliphatic hydroxyl groups is 2. The van der Waals surface area contributed by atoms with Gasteiger partial charge in [0.2, 0.25) is 5.91 Å². The molecule has 0 unspecified atom stereocenters. The first kappa shape index (κ1) is 26.8. The van der Waals surface area contributed by atoms with E-state index < -0.39 is 59.2 Å². The van der Waals surface area contributed by atoms with Crippen molar-refractivity contribution in [3.8, 4) is 0 Å². The van der Waals surface area contributed by atoms with Gasteiger partial charge in [-0.3, -0.25) is 14.4 Å². The van der Waals surface area contributed by atoms with Crippen LogP contribution in [0.15, 0.2) is 54.6 Å². The van der Waals surface area contributed by atoms with Gasteiger partial charge in [0.15, 0.2) is 5.78 Å². The third kappa shape index (κ3) is 3.96. The summed E-state index contributed by atoms with van der Waals surface area (Å²) in [6.45, 7) is 10.6. The van der Waals surface area contributed by atoms with E-state index in [0.29, 0.717) is 18.4 Å². The van der Waals surface area contributed by atoms with Gasteiger partial charge in [-0.05, 0) is 36.8 Å². The summed E-state index contributed by atoms with van der Waals surface area (Å²) in [5, 5.41) is 26.0. The molecule has 3 N–H and O–H groups in total. The summed E-state index contributed by atoms with van der Waals surface area (Å²) in [6, 6.07) is 9.48. The molecule has 1 spiro atoms. The first-order chi connectivity index (χ1) is 17.9. The van der Waals surface area contributed by atoms with Crippen LogP contribution in [0.2, 0.25) is 0 Å². The number of carbonyl (C=O) groups excluding carboxylic acids is 3. The molecule has 1 aromatic rings. The molecule has 3 fully saturated rings. The highest BCUT2D eigenvalue weighted by atomic mass is 16.6. The van der Waals surface area contributed by atoms with Gasteiger partial charge in [0, 0.05) is 30.7 Å². The fourth-order valence-corrected chi connectivity index (χ4v) is 7.41. The van der Waals surface area contributed by atoms with Crippen LogP contribution in [0.25, 0.3) is 0 Å². The van der Waals surface area contributed by atoms with Crippen LogP contribution in [-0.4, -0.2) is 63.9 Å². The number of amides is 1. The Morgan fingerprint density at radius 3 is 2.58 bits per heavy atom. The molecule has 204 valence electrons. The molecule has 5 rings (SSSR count). The lowest BCUT2D eigenvalue weighted by Crippen LogP contribution is -2.62. The number of Topliss-reactive ketones (excluding diaryl/α,β-unsaturated/α-hetero) is 1. The molecule has 0 aromatic heterocycles. The summed E-state index contributed by atoms with van der Waals surface area (Å²) >= 11 is 0. The Balaban J connectivity index is 1.70. The summed E-state index contributed by atoms with van der Waals surface area (Å²) in [5.41, 5.74) is -1.60. The minimum Gasteiger partial charge on any atom is -0.458 e. The molecule has 1 saturated carbocycles. The van der Waals surface area contributed by atoms with Crippen molar-refractivity contribution < 1.29 is 34.1 Å². The molecule has 1 amide bonds. The Labute approximate surface area is 223 Å². The number of benzene rings is 1. The number of rotatable bonds is 3. The summed E-state index contributed by atoms with van der Waals surface area (Å²) < 4.78 is 11.9. The van der Waals surface area contributed by atoms with Crippen LogP contribution < -0.4 is 5.32 Å². The number of esters is 1. The lowest BCUT2D eigenvalue weighted by atomic mass is 9.51. The number of carbonyl (C=O) groups is 3. The van der Waals surface area contributed by atoms with Crippen LogP contribution in [0, 0.1) is 29.1 Å². The summed E-state index contributed by atoms with van der Waals surface area (Å²) in [4.78, 5) is 40.0. The number of epoxide rings is 1. The maximum Gasteiger partial charge on any atom is 0.303 e. The molecule has 2 saturated heterocycles. The minimum absolute atomic E-state index is 0.302. The molecule has 2 aliphatic carbocycles. The predicted molar refractivity (Wildman–Crippen MR) is 139 cm³/mol. The predicted octanol–water partition coefficient (Wildman–Crippen LogP) is 2.13. The highest BCUT2D eigenvalue weighted by molar-refractivity contribution is 5.91. The van der Waals surface area contributed by atoms with E-state index in [-0.39, 0.29) is 23.7 Å². The largest absolute Gasteiger partial charge is 0.458 e. The number of fused-ring (bicyclic) bond motifs is 1. The average molecular weight is 524 g/mol. The van der Waals surface area contributed by atoms with Crippen molar-refractivity contribution in [1.29, 1.82) is 0 Å². The van der Waals surface area contributed by atoms with Gasteiger partial charge in [0.05, 0.1) is 6.10 Å². The maximum absolute atomic E-state index is 14.3. The van der Waals surface area contributed by atoms with Gasteiger partial charge in [-0.2, -0.15) is 0 Å².